The summed E-state index contributed by atoms with van der Waals surface area (Å²) in [5.74, 6) is 2.00. The first-order valence-electron chi connectivity index (χ1n) is 7.93. The van der Waals surface area contributed by atoms with Crippen LogP contribution in [0.25, 0.3) is 0 Å². The smallest absolute Gasteiger partial charge is 0.223 e. The number of nitrogens with one attached hydrogen (secondary N) is 1. The molecule has 1 amide bonds. The highest BCUT2D eigenvalue weighted by Gasteiger charge is 2.20. The molecule has 0 aromatic carbocycles. The molecule has 0 radical (unpaired) electrons. The third-order valence-corrected chi connectivity index (χ3v) is 3.89. The van der Waals surface area contributed by atoms with E-state index < -0.39 is 0 Å². The zero-order valence-electron chi connectivity index (χ0n) is 14.2. The fraction of sp³-hybridized carbons (Fsp3) is 0.562. The molecule has 2 rings (SSSR count). The average Bonchev–Trinajstić information content (AvgIpc) is 2.59. The molecule has 1 aliphatic rings. The van der Waals surface area contributed by atoms with Crippen molar-refractivity contribution < 1.29 is 4.79 Å². The number of carbonyl (C=O) groups is 1. The molecule has 7 nitrogen and oxygen atoms in total. The lowest BCUT2D eigenvalue weighted by atomic mass is 10.3. The Morgan fingerprint density at radius 1 is 1.30 bits per heavy atom. The van der Waals surface area contributed by atoms with Crippen LogP contribution in [-0.4, -0.2) is 80.5 Å². The molecule has 23 heavy (non-hydrogen) atoms. The van der Waals surface area contributed by atoms with Crippen LogP contribution in [0.2, 0.25) is 0 Å². The predicted molar refractivity (Wildman–Crippen MR) is 92.7 cm³/mol. The van der Waals surface area contributed by atoms with Crippen LogP contribution in [0.5, 0.6) is 0 Å². The molecule has 0 aliphatic carbocycles. The van der Waals surface area contributed by atoms with Crippen LogP contribution in [0.15, 0.2) is 29.4 Å². The van der Waals surface area contributed by atoms with E-state index >= 15 is 0 Å². The Bertz CT molecular complexity index is 523. The molecule has 1 N–H and O–H groups in total. The van der Waals surface area contributed by atoms with E-state index in [0.717, 1.165) is 38.0 Å². The summed E-state index contributed by atoms with van der Waals surface area (Å²) in [5, 5.41) is 3.27. The minimum absolute atomic E-state index is 0.118. The first-order valence-corrected chi connectivity index (χ1v) is 7.93. The van der Waals surface area contributed by atoms with Crippen LogP contribution in [0.4, 0.5) is 5.82 Å². The molecule has 0 saturated carbocycles. The molecule has 0 bridgehead atoms. The summed E-state index contributed by atoms with van der Waals surface area (Å²) < 4.78 is 0. The summed E-state index contributed by atoms with van der Waals surface area (Å²) in [5.41, 5.74) is 0. The second-order valence-electron chi connectivity index (χ2n) is 5.67. The van der Waals surface area contributed by atoms with Gasteiger partial charge >= 0.3 is 0 Å². The maximum atomic E-state index is 11.6. The van der Waals surface area contributed by atoms with Crippen LogP contribution >= 0.6 is 0 Å². The Hall–Kier alpha value is -2.31. The van der Waals surface area contributed by atoms with E-state index in [4.69, 9.17) is 0 Å². The quantitative estimate of drug-likeness (QED) is 0.637. The van der Waals surface area contributed by atoms with Crippen LogP contribution < -0.4 is 10.2 Å². The molecule has 1 aliphatic heterocycles. The largest absolute Gasteiger partial charge is 0.356 e. The molecule has 1 aromatic heterocycles. The standard InChI is InChI=1S/C16H26N6O/c1-17-16(19-9-7-15(23)20(2)3)22-12-10-21(11-13-22)14-6-4-5-8-18-14/h4-6,8H,7,9-13H2,1-3H3,(H,17,19). The van der Waals surface area contributed by atoms with Gasteiger partial charge in [-0.2, -0.15) is 0 Å². The minimum Gasteiger partial charge on any atom is -0.356 e. The van der Waals surface area contributed by atoms with Gasteiger partial charge in [0.1, 0.15) is 5.82 Å². The summed E-state index contributed by atoms with van der Waals surface area (Å²) in [6.07, 6.45) is 2.30. The number of aromatic nitrogens is 1. The maximum Gasteiger partial charge on any atom is 0.223 e. The van der Waals surface area contributed by atoms with Crippen LogP contribution in [0.1, 0.15) is 6.42 Å². The Kier molecular flexibility index (Phi) is 6.19. The van der Waals surface area contributed by atoms with Crippen molar-refractivity contribution >= 4 is 17.7 Å². The third-order valence-electron chi connectivity index (χ3n) is 3.89. The second kappa shape index (κ2) is 8.36. The fourth-order valence-corrected chi connectivity index (χ4v) is 2.53. The number of rotatable bonds is 4. The number of amides is 1. The normalized spacial score (nSPS) is 15.5. The van der Waals surface area contributed by atoms with Crippen molar-refractivity contribution in [2.24, 2.45) is 4.99 Å². The Labute approximate surface area is 138 Å². The first-order chi connectivity index (χ1) is 11.1. The van der Waals surface area contributed by atoms with Crippen LogP contribution in [0.3, 0.4) is 0 Å². The van der Waals surface area contributed by atoms with Gasteiger partial charge in [0.05, 0.1) is 0 Å². The van der Waals surface area contributed by atoms with Gasteiger partial charge in [-0.3, -0.25) is 9.79 Å². The van der Waals surface area contributed by atoms with E-state index in [1.54, 1.807) is 26.0 Å². The van der Waals surface area contributed by atoms with Crippen molar-refractivity contribution in [1.82, 2.24) is 20.1 Å². The summed E-state index contributed by atoms with van der Waals surface area (Å²) in [6, 6.07) is 5.98. The second-order valence-corrected chi connectivity index (χ2v) is 5.67. The summed E-state index contributed by atoms with van der Waals surface area (Å²) in [6.45, 7) is 4.20. The topological polar surface area (TPSA) is 64.1 Å². The number of anilines is 1. The number of pyridine rings is 1. The monoisotopic (exact) mass is 318 g/mol. The lowest BCUT2D eigenvalue weighted by Crippen LogP contribution is -2.53. The zero-order chi connectivity index (χ0) is 16.7. The number of hydrogen-bond donors (Lipinski definition) is 1. The molecule has 0 spiro atoms. The van der Waals surface area contributed by atoms with Gasteiger partial charge in [0, 0.05) is 66.5 Å². The van der Waals surface area contributed by atoms with Gasteiger partial charge in [-0.1, -0.05) is 6.07 Å². The Balaban J connectivity index is 1.79. The van der Waals surface area contributed by atoms with E-state index in [-0.39, 0.29) is 5.91 Å². The molecule has 1 fully saturated rings. The molecule has 126 valence electrons. The van der Waals surface area contributed by atoms with Gasteiger partial charge in [-0.05, 0) is 12.1 Å². The van der Waals surface area contributed by atoms with Gasteiger partial charge in [-0.25, -0.2) is 4.98 Å². The van der Waals surface area contributed by atoms with Gasteiger partial charge in [0.25, 0.3) is 0 Å². The highest BCUT2D eigenvalue weighted by atomic mass is 16.2. The van der Waals surface area contributed by atoms with Crippen molar-refractivity contribution in [3.8, 4) is 0 Å². The molecule has 1 saturated heterocycles. The predicted octanol–water partition coefficient (Wildman–Crippen LogP) is 0.257. The van der Waals surface area contributed by atoms with Crippen LogP contribution in [-0.2, 0) is 4.79 Å². The number of carbonyl (C=O) groups excluding carboxylic acids is 1. The highest BCUT2D eigenvalue weighted by Crippen LogP contribution is 2.12. The number of piperazine rings is 1. The van der Waals surface area contributed by atoms with E-state index in [1.807, 2.05) is 24.4 Å². The SMILES string of the molecule is CN=C(NCCC(=O)N(C)C)N1CCN(c2ccccn2)CC1. The van der Waals surface area contributed by atoms with E-state index in [9.17, 15) is 4.79 Å². The van der Waals surface area contributed by atoms with Crippen molar-refractivity contribution in [2.75, 3.05) is 58.8 Å². The summed E-state index contributed by atoms with van der Waals surface area (Å²) >= 11 is 0. The Morgan fingerprint density at radius 2 is 2.04 bits per heavy atom. The van der Waals surface area contributed by atoms with Crippen molar-refractivity contribution in [3.63, 3.8) is 0 Å². The Morgan fingerprint density at radius 3 is 2.61 bits per heavy atom. The van der Waals surface area contributed by atoms with Gasteiger partial charge in [-0.15, -0.1) is 0 Å². The molecule has 1 aromatic rings. The maximum absolute atomic E-state index is 11.6. The fourth-order valence-electron chi connectivity index (χ4n) is 2.53. The van der Waals surface area contributed by atoms with Gasteiger partial charge < -0.3 is 20.0 Å². The van der Waals surface area contributed by atoms with Crippen molar-refractivity contribution in [1.29, 1.82) is 0 Å². The van der Waals surface area contributed by atoms with E-state index in [2.05, 4.69) is 25.1 Å². The van der Waals surface area contributed by atoms with E-state index in [1.165, 1.54) is 0 Å². The highest BCUT2D eigenvalue weighted by molar-refractivity contribution is 5.81. The molecule has 7 heteroatoms. The van der Waals surface area contributed by atoms with E-state index in [0.29, 0.717) is 13.0 Å². The molecule has 0 atom stereocenters. The number of aliphatic imine (C=N–C) groups is 1. The molecular weight excluding hydrogens is 292 g/mol. The van der Waals surface area contributed by atoms with Crippen LogP contribution in [0, 0.1) is 0 Å². The molecule has 2 heterocycles. The molecular formula is C16H26N6O. The summed E-state index contributed by atoms with van der Waals surface area (Å²) in [7, 11) is 5.32. The van der Waals surface area contributed by atoms with Gasteiger partial charge in [0.2, 0.25) is 5.91 Å². The molecule has 0 unspecified atom stereocenters. The average molecular weight is 318 g/mol. The zero-order valence-corrected chi connectivity index (χ0v) is 14.2. The lowest BCUT2D eigenvalue weighted by molar-refractivity contribution is -0.128. The number of hydrogen-bond acceptors (Lipinski definition) is 4. The van der Waals surface area contributed by atoms with Crippen molar-refractivity contribution in [3.05, 3.63) is 24.4 Å². The number of guanidine groups is 1. The third kappa shape index (κ3) is 4.84. The lowest BCUT2D eigenvalue weighted by Gasteiger charge is -2.37. The van der Waals surface area contributed by atoms with Crippen molar-refractivity contribution in [2.45, 2.75) is 6.42 Å². The first kappa shape index (κ1) is 17.1. The summed E-state index contributed by atoms with van der Waals surface area (Å²) in [4.78, 5) is 26.4. The minimum atomic E-state index is 0.118. The van der Waals surface area contributed by atoms with Gasteiger partial charge in [0.15, 0.2) is 5.96 Å². The number of nitrogens with zero attached hydrogens (tertiary/aromatic N) is 5.